The highest BCUT2D eigenvalue weighted by molar-refractivity contribution is 14.0. The topological polar surface area (TPSA) is 52.6 Å². The molecule has 2 aromatic rings. The molecule has 27 heavy (non-hydrogen) atoms. The highest BCUT2D eigenvalue weighted by Crippen LogP contribution is 2.22. The van der Waals surface area contributed by atoms with Crippen LogP contribution in [0.15, 0.2) is 39.9 Å². The summed E-state index contributed by atoms with van der Waals surface area (Å²) < 4.78 is 1.12. The van der Waals surface area contributed by atoms with E-state index in [1.54, 1.807) is 11.3 Å². The Hall–Kier alpha value is -0.870. The summed E-state index contributed by atoms with van der Waals surface area (Å²) in [4.78, 5) is 12.9. The van der Waals surface area contributed by atoms with Crippen molar-refractivity contribution in [3.63, 3.8) is 0 Å². The van der Waals surface area contributed by atoms with Crippen molar-refractivity contribution in [2.24, 2.45) is 4.99 Å². The van der Waals surface area contributed by atoms with E-state index in [4.69, 9.17) is 4.99 Å². The molecule has 1 aliphatic heterocycles. The first kappa shape index (κ1) is 22.4. The summed E-state index contributed by atoms with van der Waals surface area (Å²) >= 11 is 5.25. The molecular weight excluding hydrogens is 537 g/mol. The van der Waals surface area contributed by atoms with Gasteiger partial charge in [-0.1, -0.05) is 22.9 Å². The number of guanidine groups is 1. The van der Waals surface area contributed by atoms with Crippen LogP contribution in [0, 0.1) is 0 Å². The molecule has 0 saturated carbocycles. The molecule has 1 fully saturated rings. The molecule has 0 radical (unpaired) electrons. The molecule has 1 aromatic heterocycles. The number of aryl methyl sites for hydroxylation is 1. The lowest BCUT2D eigenvalue weighted by Crippen LogP contribution is -2.44. The van der Waals surface area contributed by atoms with Gasteiger partial charge in [-0.2, -0.15) is 0 Å². The lowest BCUT2D eigenvalue weighted by molar-refractivity contribution is 0.649. The van der Waals surface area contributed by atoms with Crippen LogP contribution in [-0.2, 0) is 13.0 Å². The van der Waals surface area contributed by atoms with Gasteiger partial charge in [0.2, 0.25) is 0 Å². The van der Waals surface area contributed by atoms with E-state index in [1.807, 2.05) is 6.20 Å². The Labute approximate surface area is 191 Å². The van der Waals surface area contributed by atoms with Crippen molar-refractivity contribution < 1.29 is 0 Å². The molecule has 0 amide bonds. The average molecular weight is 564 g/mol. The maximum absolute atomic E-state index is 4.72. The van der Waals surface area contributed by atoms with Crippen LogP contribution in [0.25, 0.3) is 0 Å². The third kappa shape index (κ3) is 6.60. The van der Waals surface area contributed by atoms with Crippen LogP contribution in [0.1, 0.15) is 30.2 Å². The predicted molar refractivity (Wildman–Crippen MR) is 130 cm³/mol. The highest BCUT2D eigenvalue weighted by atomic mass is 127. The first-order valence-electron chi connectivity index (χ1n) is 9.17. The number of aliphatic imine (C=N–C) groups is 1. The number of hydrogen-bond acceptors (Lipinski definition) is 4. The fourth-order valence-corrected chi connectivity index (χ4v) is 4.06. The first-order valence-corrected chi connectivity index (χ1v) is 10.8. The molecule has 1 aliphatic rings. The summed E-state index contributed by atoms with van der Waals surface area (Å²) in [5.74, 6) is 0.878. The Balaban J connectivity index is 0.00000261. The van der Waals surface area contributed by atoms with E-state index in [-0.39, 0.29) is 24.0 Å². The molecule has 3 rings (SSSR count). The first-order chi connectivity index (χ1) is 12.7. The summed E-state index contributed by atoms with van der Waals surface area (Å²) in [5, 5.41) is 8.01. The van der Waals surface area contributed by atoms with E-state index in [2.05, 4.69) is 74.6 Å². The van der Waals surface area contributed by atoms with Crippen LogP contribution >= 0.6 is 51.2 Å². The lowest BCUT2D eigenvalue weighted by atomic mass is 10.3. The fraction of sp³-hybridized carbons (Fsp3) is 0.474. The maximum atomic E-state index is 4.72. The number of hydrogen-bond donors (Lipinski definition) is 2. The number of thiazole rings is 1. The normalized spacial score (nSPS) is 16.9. The molecule has 2 N–H and O–H groups in total. The summed E-state index contributed by atoms with van der Waals surface area (Å²) in [6, 6.07) is 8.93. The molecule has 5 nitrogen and oxygen atoms in total. The van der Waals surface area contributed by atoms with Gasteiger partial charge in [0, 0.05) is 46.9 Å². The zero-order valence-corrected chi connectivity index (χ0v) is 20.5. The SMILES string of the molecule is CCNC(=NCc1ncc(CC)s1)NC1CCN(c2ccc(Br)cc2)C1.I. The number of halogens is 2. The van der Waals surface area contributed by atoms with E-state index in [1.165, 1.54) is 10.6 Å². The minimum Gasteiger partial charge on any atom is -0.369 e. The third-order valence-electron chi connectivity index (χ3n) is 4.39. The van der Waals surface area contributed by atoms with Gasteiger partial charge < -0.3 is 15.5 Å². The minimum atomic E-state index is 0. The number of nitrogens with zero attached hydrogens (tertiary/aromatic N) is 3. The number of rotatable bonds is 6. The zero-order chi connectivity index (χ0) is 18.4. The van der Waals surface area contributed by atoms with Crippen LogP contribution in [0.4, 0.5) is 5.69 Å². The Morgan fingerprint density at radius 2 is 2.11 bits per heavy atom. The van der Waals surface area contributed by atoms with Gasteiger partial charge in [-0.15, -0.1) is 35.3 Å². The molecule has 0 spiro atoms. The second-order valence-corrected chi connectivity index (χ2v) is 8.44. The third-order valence-corrected chi connectivity index (χ3v) is 6.04. The zero-order valence-electron chi connectivity index (χ0n) is 15.7. The average Bonchev–Trinajstić information content (AvgIpc) is 3.30. The summed E-state index contributed by atoms with van der Waals surface area (Å²) in [6.45, 7) is 7.78. The van der Waals surface area contributed by atoms with Crippen molar-refractivity contribution in [2.45, 2.75) is 39.3 Å². The van der Waals surface area contributed by atoms with Crippen LogP contribution in [0.5, 0.6) is 0 Å². The molecule has 2 heterocycles. The van der Waals surface area contributed by atoms with Gasteiger partial charge in [-0.3, -0.25) is 0 Å². The molecule has 148 valence electrons. The molecule has 1 aromatic carbocycles. The van der Waals surface area contributed by atoms with Gasteiger partial charge in [0.15, 0.2) is 5.96 Å². The minimum absolute atomic E-state index is 0. The van der Waals surface area contributed by atoms with Crippen molar-refractivity contribution in [1.82, 2.24) is 15.6 Å². The second-order valence-electron chi connectivity index (χ2n) is 6.32. The van der Waals surface area contributed by atoms with Gasteiger partial charge in [0.05, 0.1) is 6.54 Å². The smallest absolute Gasteiger partial charge is 0.191 e. The molecule has 0 aliphatic carbocycles. The molecule has 1 saturated heterocycles. The lowest BCUT2D eigenvalue weighted by Gasteiger charge is -2.20. The van der Waals surface area contributed by atoms with E-state index in [9.17, 15) is 0 Å². The van der Waals surface area contributed by atoms with Gasteiger partial charge in [-0.25, -0.2) is 9.98 Å². The van der Waals surface area contributed by atoms with Gasteiger partial charge >= 0.3 is 0 Å². The van der Waals surface area contributed by atoms with Crippen molar-refractivity contribution >= 4 is 62.9 Å². The number of anilines is 1. The predicted octanol–water partition coefficient (Wildman–Crippen LogP) is 4.42. The van der Waals surface area contributed by atoms with Crippen LogP contribution in [0.3, 0.4) is 0 Å². The van der Waals surface area contributed by atoms with Gasteiger partial charge in [0.1, 0.15) is 5.01 Å². The largest absolute Gasteiger partial charge is 0.369 e. The van der Waals surface area contributed by atoms with Gasteiger partial charge in [-0.05, 0) is 44.0 Å². The van der Waals surface area contributed by atoms with Crippen molar-refractivity contribution in [2.75, 3.05) is 24.5 Å². The Morgan fingerprint density at radius 1 is 1.33 bits per heavy atom. The van der Waals surface area contributed by atoms with Crippen LogP contribution in [-0.4, -0.2) is 36.6 Å². The molecule has 8 heteroatoms. The molecular formula is C19H27BrIN5S. The summed E-state index contributed by atoms with van der Waals surface area (Å²) in [7, 11) is 0. The number of aromatic nitrogens is 1. The highest BCUT2D eigenvalue weighted by Gasteiger charge is 2.23. The summed E-state index contributed by atoms with van der Waals surface area (Å²) in [5.41, 5.74) is 1.27. The van der Waals surface area contributed by atoms with Crippen LogP contribution < -0.4 is 15.5 Å². The number of nitrogens with one attached hydrogen (secondary N) is 2. The number of benzene rings is 1. The quantitative estimate of drug-likeness (QED) is 0.310. The van der Waals surface area contributed by atoms with E-state index in [0.717, 1.165) is 47.9 Å². The van der Waals surface area contributed by atoms with Gasteiger partial charge in [0.25, 0.3) is 0 Å². The monoisotopic (exact) mass is 563 g/mol. The second kappa shape index (κ2) is 11.2. The molecule has 0 bridgehead atoms. The maximum Gasteiger partial charge on any atom is 0.191 e. The fourth-order valence-electron chi connectivity index (χ4n) is 3.01. The van der Waals surface area contributed by atoms with Crippen molar-refractivity contribution in [3.8, 4) is 0 Å². The molecule has 1 unspecified atom stereocenters. The van der Waals surface area contributed by atoms with Crippen molar-refractivity contribution in [3.05, 3.63) is 44.8 Å². The Bertz CT molecular complexity index is 734. The Kier molecular flexibility index (Phi) is 9.31. The summed E-state index contributed by atoms with van der Waals surface area (Å²) in [6.07, 6.45) is 4.11. The van der Waals surface area contributed by atoms with E-state index < -0.39 is 0 Å². The van der Waals surface area contributed by atoms with E-state index in [0.29, 0.717) is 12.6 Å². The van der Waals surface area contributed by atoms with Crippen LogP contribution in [0.2, 0.25) is 0 Å². The Morgan fingerprint density at radius 3 is 2.78 bits per heavy atom. The standard InChI is InChI=1S/C19H26BrN5S.HI/c1-3-17-11-22-18(26-17)12-23-19(21-4-2)24-15-9-10-25(13-15)16-7-5-14(20)6-8-16;/h5-8,11,15H,3-4,9-10,12-13H2,1-2H3,(H2,21,23,24);1H. The molecule has 1 atom stereocenters. The van der Waals surface area contributed by atoms with E-state index >= 15 is 0 Å². The van der Waals surface area contributed by atoms with Crippen molar-refractivity contribution in [1.29, 1.82) is 0 Å².